The first-order valence-electron chi connectivity index (χ1n) is 8.56. The molecule has 1 aliphatic heterocycles. The molecular weight excluding hydrogens is 306 g/mol. The van der Waals surface area contributed by atoms with Crippen LogP contribution in [-0.4, -0.2) is 40.3 Å². The molecule has 6 heteroatoms. The Hall–Kier alpha value is -2.08. The maximum Gasteiger partial charge on any atom is 0.289 e. The molecule has 0 saturated heterocycles. The van der Waals surface area contributed by atoms with Crippen molar-refractivity contribution >= 4 is 5.91 Å². The second-order valence-electron chi connectivity index (χ2n) is 6.95. The molecule has 0 N–H and O–H groups in total. The summed E-state index contributed by atoms with van der Waals surface area (Å²) in [5.41, 5.74) is 2.28. The number of nitrogens with zero attached hydrogens (tertiary/aromatic N) is 3. The number of hydrogen-bond donors (Lipinski definition) is 0. The third kappa shape index (κ3) is 2.98. The van der Waals surface area contributed by atoms with Crippen molar-refractivity contribution in [3.05, 3.63) is 41.1 Å². The smallest absolute Gasteiger partial charge is 0.289 e. The zero-order valence-electron chi connectivity index (χ0n) is 14.2. The number of aryl methyl sites for hydroxylation is 2. The summed E-state index contributed by atoms with van der Waals surface area (Å²) in [6, 6.07) is 3.57. The van der Waals surface area contributed by atoms with E-state index in [0.717, 1.165) is 23.8 Å². The van der Waals surface area contributed by atoms with Gasteiger partial charge in [-0.25, -0.2) is 0 Å². The Kier molecular flexibility index (Phi) is 3.92. The van der Waals surface area contributed by atoms with Gasteiger partial charge in [-0.15, -0.1) is 0 Å². The van der Waals surface area contributed by atoms with E-state index in [2.05, 4.69) is 5.10 Å². The molecule has 0 spiro atoms. The molecular formula is C18H23N3O3. The van der Waals surface area contributed by atoms with Crippen molar-refractivity contribution in [2.45, 2.75) is 32.2 Å². The number of hydrogen-bond acceptors (Lipinski definition) is 4. The van der Waals surface area contributed by atoms with Crippen molar-refractivity contribution in [2.24, 2.45) is 13.0 Å². The number of rotatable bonds is 5. The van der Waals surface area contributed by atoms with Gasteiger partial charge in [-0.1, -0.05) is 0 Å². The Morgan fingerprint density at radius 1 is 1.38 bits per heavy atom. The quantitative estimate of drug-likeness (QED) is 0.845. The Balaban J connectivity index is 1.51. The van der Waals surface area contributed by atoms with Crippen molar-refractivity contribution in [3.8, 4) is 0 Å². The fraction of sp³-hybridized carbons (Fsp3) is 0.556. The van der Waals surface area contributed by atoms with Gasteiger partial charge in [0.05, 0.1) is 18.5 Å². The van der Waals surface area contributed by atoms with E-state index in [0.29, 0.717) is 25.5 Å². The van der Waals surface area contributed by atoms with Gasteiger partial charge >= 0.3 is 0 Å². The van der Waals surface area contributed by atoms with Crippen LogP contribution in [0.15, 0.2) is 22.7 Å². The van der Waals surface area contributed by atoms with Crippen molar-refractivity contribution in [1.29, 1.82) is 0 Å². The van der Waals surface area contributed by atoms with Crippen LogP contribution in [-0.2, 0) is 18.3 Å². The molecule has 1 amide bonds. The van der Waals surface area contributed by atoms with E-state index in [1.165, 1.54) is 18.5 Å². The van der Waals surface area contributed by atoms with Crippen LogP contribution in [0.2, 0.25) is 0 Å². The van der Waals surface area contributed by atoms with Gasteiger partial charge in [-0.2, -0.15) is 5.10 Å². The number of fused-ring (bicyclic) bond motifs is 1. The van der Waals surface area contributed by atoms with E-state index in [1.807, 2.05) is 35.8 Å². The summed E-state index contributed by atoms with van der Waals surface area (Å²) in [7, 11) is 1.96. The van der Waals surface area contributed by atoms with Crippen LogP contribution in [0, 0.1) is 12.8 Å². The van der Waals surface area contributed by atoms with Crippen LogP contribution in [0.1, 0.15) is 46.3 Å². The van der Waals surface area contributed by atoms with Crippen molar-refractivity contribution in [3.63, 3.8) is 0 Å². The van der Waals surface area contributed by atoms with E-state index < -0.39 is 0 Å². The topological polar surface area (TPSA) is 60.5 Å². The first kappa shape index (κ1) is 15.4. The highest BCUT2D eigenvalue weighted by Crippen LogP contribution is 2.32. The Morgan fingerprint density at radius 3 is 2.92 bits per heavy atom. The molecule has 2 aliphatic rings. The summed E-state index contributed by atoms with van der Waals surface area (Å²) in [6.07, 6.45) is 4.42. The molecule has 0 aromatic carbocycles. The van der Waals surface area contributed by atoms with E-state index in [9.17, 15) is 4.79 Å². The van der Waals surface area contributed by atoms with Crippen LogP contribution in [0.25, 0.3) is 0 Å². The van der Waals surface area contributed by atoms with Crippen LogP contribution >= 0.6 is 0 Å². The Labute approximate surface area is 141 Å². The molecule has 1 atom stereocenters. The number of carbonyl (C=O) groups is 1. The first-order valence-corrected chi connectivity index (χ1v) is 8.56. The Morgan fingerprint density at radius 2 is 2.21 bits per heavy atom. The zero-order valence-corrected chi connectivity index (χ0v) is 14.2. The molecule has 0 radical (unpaired) electrons. The first-order chi connectivity index (χ1) is 11.6. The molecule has 2 aromatic heterocycles. The SMILES string of the molecule is Cc1ccc(C(=O)N2Cc3cnn(C)c3[C@@H](COCC3CC3)C2)o1. The summed E-state index contributed by atoms with van der Waals surface area (Å²) in [6.45, 7) is 4.51. The second kappa shape index (κ2) is 6.09. The van der Waals surface area contributed by atoms with E-state index in [1.54, 1.807) is 6.07 Å². The average molecular weight is 329 g/mol. The van der Waals surface area contributed by atoms with Gasteiger partial charge in [0.2, 0.25) is 0 Å². The molecule has 24 heavy (non-hydrogen) atoms. The molecule has 4 rings (SSSR count). The largest absolute Gasteiger partial charge is 0.456 e. The molecule has 1 aliphatic carbocycles. The number of amides is 1. The lowest BCUT2D eigenvalue weighted by atomic mass is 9.96. The molecule has 6 nitrogen and oxygen atoms in total. The molecule has 0 bridgehead atoms. The van der Waals surface area contributed by atoms with Gasteiger partial charge < -0.3 is 14.1 Å². The van der Waals surface area contributed by atoms with Gasteiger partial charge in [0.1, 0.15) is 5.76 Å². The van der Waals surface area contributed by atoms with Crippen LogP contribution in [0.5, 0.6) is 0 Å². The third-order valence-corrected chi connectivity index (χ3v) is 4.86. The second-order valence-corrected chi connectivity index (χ2v) is 6.95. The number of furan rings is 1. The normalized spacial score (nSPS) is 20.2. The highest BCUT2D eigenvalue weighted by atomic mass is 16.5. The molecule has 3 heterocycles. The average Bonchev–Trinajstić information content (AvgIpc) is 3.17. The summed E-state index contributed by atoms with van der Waals surface area (Å²) < 4.78 is 13.3. The van der Waals surface area contributed by atoms with Crippen molar-refractivity contribution in [2.75, 3.05) is 19.8 Å². The monoisotopic (exact) mass is 329 g/mol. The molecule has 1 fully saturated rings. The lowest BCUT2D eigenvalue weighted by molar-refractivity contribution is 0.0593. The predicted molar refractivity (Wildman–Crippen MR) is 87.7 cm³/mol. The maximum atomic E-state index is 12.7. The Bertz CT molecular complexity index is 745. The van der Waals surface area contributed by atoms with E-state index in [4.69, 9.17) is 9.15 Å². The number of carbonyl (C=O) groups excluding carboxylic acids is 1. The lowest BCUT2D eigenvalue weighted by Gasteiger charge is -2.32. The van der Waals surface area contributed by atoms with E-state index >= 15 is 0 Å². The van der Waals surface area contributed by atoms with Gasteiger partial charge in [0.25, 0.3) is 5.91 Å². The van der Waals surface area contributed by atoms with E-state index in [-0.39, 0.29) is 11.8 Å². The summed E-state index contributed by atoms with van der Waals surface area (Å²) in [5.74, 6) is 1.98. The van der Waals surface area contributed by atoms with Crippen molar-refractivity contribution < 1.29 is 13.9 Å². The maximum absolute atomic E-state index is 12.7. The molecule has 128 valence electrons. The van der Waals surface area contributed by atoms with Crippen molar-refractivity contribution in [1.82, 2.24) is 14.7 Å². The van der Waals surface area contributed by atoms with Crippen LogP contribution in [0.3, 0.4) is 0 Å². The minimum absolute atomic E-state index is 0.0650. The fourth-order valence-electron chi connectivity index (χ4n) is 3.42. The zero-order chi connectivity index (χ0) is 16.7. The summed E-state index contributed by atoms with van der Waals surface area (Å²) in [4.78, 5) is 14.6. The van der Waals surface area contributed by atoms with Gasteiger partial charge in [0, 0.05) is 38.2 Å². The minimum Gasteiger partial charge on any atom is -0.456 e. The fourth-order valence-corrected chi connectivity index (χ4v) is 3.42. The van der Waals surface area contributed by atoms with Gasteiger partial charge in [-0.05, 0) is 37.8 Å². The highest BCUT2D eigenvalue weighted by Gasteiger charge is 2.33. The summed E-state index contributed by atoms with van der Waals surface area (Å²) >= 11 is 0. The molecule has 0 unspecified atom stereocenters. The minimum atomic E-state index is -0.0650. The highest BCUT2D eigenvalue weighted by molar-refractivity contribution is 5.91. The third-order valence-electron chi connectivity index (χ3n) is 4.86. The predicted octanol–water partition coefficient (Wildman–Crippen LogP) is 2.49. The lowest BCUT2D eigenvalue weighted by Crippen LogP contribution is -2.40. The molecule has 2 aromatic rings. The molecule has 1 saturated carbocycles. The summed E-state index contributed by atoms with van der Waals surface area (Å²) in [5, 5.41) is 4.37. The van der Waals surface area contributed by atoms with Crippen LogP contribution < -0.4 is 0 Å². The van der Waals surface area contributed by atoms with Crippen LogP contribution in [0.4, 0.5) is 0 Å². The number of ether oxygens (including phenoxy) is 1. The van der Waals surface area contributed by atoms with Gasteiger partial charge in [0.15, 0.2) is 5.76 Å². The standard InChI is InChI=1S/C18H23N3O3/c1-12-3-6-16(24-12)18(22)21-8-14-7-19-20(2)17(14)15(9-21)11-23-10-13-4-5-13/h3,6-7,13,15H,4-5,8-11H2,1-2H3/t15-/m1/s1. The van der Waals surface area contributed by atoms with Gasteiger partial charge in [-0.3, -0.25) is 9.48 Å². The number of aromatic nitrogens is 2.